The molecule has 0 fully saturated rings. The molecule has 1 rings (SSSR count). The molecule has 0 aliphatic rings. The fraction of sp³-hybridized carbons (Fsp3) is 0.750. The van der Waals surface area contributed by atoms with Gasteiger partial charge in [-0.2, -0.15) is 0 Å². The molecule has 0 radical (unpaired) electrons. The Bertz CT molecular complexity index is 296. The number of aromatic nitrogens is 2. The number of nitrogens with one attached hydrogen (secondary N) is 1. The summed E-state index contributed by atoms with van der Waals surface area (Å²) in [7, 11) is 0. The number of aryl methyl sites for hydroxylation is 1. The lowest BCUT2D eigenvalue weighted by atomic mass is 10.2. The van der Waals surface area contributed by atoms with Gasteiger partial charge in [-0.25, -0.2) is 4.98 Å². The summed E-state index contributed by atoms with van der Waals surface area (Å²) in [5, 5.41) is 12.1. The molecule has 1 atom stereocenters. The van der Waals surface area contributed by atoms with Gasteiger partial charge in [-0.1, -0.05) is 13.8 Å². The second-order valence-electron chi connectivity index (χ2n) is 4.52. The summed E-state index contributed by atoms with van der Waals surface area (Å²) < 4.78 is 2.20. The van der Waals surface area contributed by atoms with Crippen LogP contribution in [0.3, 0.4) is 0 Å². The lowest BCUT2D eigenvalue weighted by Gasteiger charge is -2.12. The minimum atomic E-state index is 0.187. The van der Waals surface area contributed by atoms with Crippen LogP contribution in [0.25, 0.3) is 0 Å². The highest BCUT2D eigenvalue weighted by molar-refractivity contribution is 4.97. The molecule has 0 saturated carbocycles. The summed E-state index contributed by atoms with van der Waals surface area (Å²) in [6.45, 7) is 8.41. The second kappa shape index (κ2) is 6.66. The predicted molar refractivity (Wildman–Crippen MR) is 65.5 cm³/mol. The summed E-state index contributed by atoms with van der Waals surface area (Å²) in [5.41, 5.74) is 0. The van der Waals surface area contributed by atoms with Crippen molar-refractivity contribution in [3.8, 4) is 0 Å². The van der Waals surface area contributed by atoms with E-state index >= 15 is 0 Å². The van der Waals surface area contributed by atoms with Gasteiger partial charge in [0.05, 0.1) is 6.61 Å². The van der Waals surface area contributed by atoms with Gasteiger partial charge in [-0.15, -0.1) is 0 Å². The van der Waals surface area contributed by atoms with Gasteiger partial charge in [-0.3, -0.25) is 0 Å². The lowest BCUT2D eigenvalue weighted by molar-refractivity contribution is 0.251. The average molecular weight is 225 g/mol. The molecule has 0 bridgehead atoms. The van der Waals surface area contributed by atoms with Gasteiger partial charge in [0.15, 0.2) is 0 Å². The molecular weight excluding hydrogens is 202 g/mol. The fourth-order valence-corrected chi connectivity index (χ4v) is 1.67. The van der Waals surface area contributed by atoms with Crippen molar-refractivity contribution >= 4 is 0 Å². The maximum Gasteiger partial charge on any atom is 0.111 e. The molecule has 0 amide bonds. The van der Waals surface area contributed by atoms with E-state index in [1.54, 1.807) is 0 Å². The SMILES string of the molecule is CC(C)c1nccn1CCCN[C@H](C)CO. The summed E-state index contributed by atoms with van der Waals surface area (Å²) >= 11 is 0. The minimum Gasteiger partial charge on any atom is -0.395 e. The zero-order chi connectivity index (χ0) is 12.0. The van der Waals surface area contributed by atoms with E-state index in [0.29, 0.717) is 5.92 Å². The number of aliphatic hydroxyl groups is 1. The van der Waals surface area contributed by atoms with Crippen LogP contribution < -0.4 is 5.32 Å². The first-order valence-corrected chi connectivity index (χ1v) is 6.00. The molecule has 0 saturated heterocycles. The Labute approximate surface area is 97.7 Å². The number of aliphatic hydroxyl groups excluding tert-OH is 1. The molecule has 92 valence electrons. The van der Waals surface area contributed by atoms with Crippen molar-refractivity contribution in [1.82, 2.24) is 14.9 Å². The van der Waals surface area contributed by atoms with Crippen LogP contribution in [0.1, 0.15) is 38.9 Å². The quantitative estimate of drug-likeness (QED) is 0.689. The molecule has 16 heavy (non-hydrogen) atoms. The zero-order valence-corrected chi connectivity index (χ0v) is 10.5. The van der Waals surface area contributed by atoms with Crippen molar-refractivity contribution in [2.75, 3.05) is 13.2 Å². The number of imidazole rings is 1. The van der Waals surface area contributed by atoms with Crippen molar-refractivity contribution < 1.29 is 5.11 Å². The Morgan fingerprint density at radius 2 is 2.19 bits per heavy atom. The maximum absolute atomic E-state index is 8.86. The molecular formula is C12H23N3O. The first-order valence-electron chi connectivity index (χ1n) is 6.00. The Hall–Kier alpha value is -0.870. The van der Waals surface area contributed by atoms with Crippen LogP contribution in [0.15, 0.2) is 12.4 Å². The van der Waals surface area contributed by atoms with Crippen molar-refractivity contribution in [3.05, 3.63) is 18.2 Å². The first-order chi connectivity index (χ1) is 7.65. The maximum atomic E-state index is 8.86. The predicted octanol–water partition coefficient (Wildman–Crippen LogP) is 1.37. The van der Waals surface area contributed by atoms with Crippen LogP contribution in [0.2, 0.25) is 0 Å². The zero-order valence-electron chi connectivity index (χ0n) is 10.5. The van der Waals surface area contributed by atoms with Crippen LogP contribution in [0, 0.1) is 0 Å². The van der Waals surface area contributed by atoms with Crippen LogP contribution in [0.5, 0.6) is 0 Å². The summed E-state index contributed by atoms with van der Waals surface area (Å²) in [5.74, 6) is 1.62. The van der Waals surface area contributed by atoms with Gasteiger partial charge in [0, 0.05) is 30.9 Å². The van der Waals surface area contributed by atoms with Gasteiger partial charge in [0.2, 0.25) is 0 Å². The molecule has 1 aromatic heterocycles. The molecule has 0 aromatic carbocycles. The molecule has 0 aliphatic carbocycles. The van der Waals surface area contributed by atoms with E-state index in [-0.39, 0.29) is 12.6 Å². The molecule has 1 aromatic rings. The smallest absolute Gasteiger partial charge is 0.111 e. The molecule has 4 heteroatoms. The Morgan fingerprint density at radius 3 is 2.81 bits per heavy atom. The van der Waals surface area contributed by atoms with E-state index in [0.717, 1.165) is 25.3 Å². The fourth-order valence-electron chi connectivity index (χ4n) is 1.67. The third kappa shape index (κ3) is 3.94. The third-order valence-electron chi connectivity index (χ3n) is 2.61. The monoisotopic (exact) mass is 225 g/mol. The van der Waals surface area contributed by atoms with E-state index in [4.69, 9.17) is 5.11 Å². The van der Waals surface area contributed by atoms with E-state index in [9.17, 15) is 0 Å². The highest BCUT2D eigenvalue weighted by Crippen LogP contribution is 2.11. The van der Waals surface area contributed by atoms with Crippen molar-refractivity contribution in [2.24, 2.45) is 0 Å². The number of nitrogens with zero attached hydrogens (tertiary/aromatic N) is 2. The van der Waals surface area contributed by atoms with Crippen LogP contribution in [-0.2, 0) is 6.54 Å². The summed E-state index contributed by atoms with van der Waals surface area (Å²) in [6.07, 6.45) is 4.95. The Morgan fingerprint density at radius 1 is 1.44 bits per heavy atom. The highest BCUT2D eigenvalue weighted by Gasteiger charge is 2.06. The molecule has 0 unspecified atom stereocenters. The van der Waals surface area contributed by atoms with Gasteiger partial charge < -0.3 is 15.0 Å². The molecule has 0 spiro atoms. The molecule has 4 nitrogen and oxygen atoms in total. The standard InChI is InChI=1S/C12H23N3O/c1-10(2)12-14-6-8-15(12)7-4-5-13-11(3)9-16/h6,8,10-11,13,16H,4-5,7,9H2,1-3H3/t11-/m1/s1. The summed E-state index contributed by atoms with van der Waals surface area (Å²) in [4.78, 5) is 4.35. The number of hydrogen-bond acceptors (Lipinski definition) is 3. The topological polar surface area (TPSA) is 50.1 Å². The van der Waals surface area contributed by atoms with E-state index < -0.39 is 0 Å². The second-order valence-corrected chi connectivity index (χ2v) is 4.52. The summed E-state index contributed by atoms with van der Waals surface area (Å²) in [6, 6.07) is 0.187. The largest absolute Gasteiger partial charge is 0.395 e. The first kappa shape index (κ1) is 13.2. The normalized spacial score (nSPS) is 13.3. The van der Waals surface area contributed by atoms with Crippen molar-refractivity contribution in [3.63, 3.8) is 0 Å². The third-order valence-corrected chi connectivity index (χ3v) is 2.61. The average Bonchev–Trinajstić information content (AvgIpc) is 2.72. The molecule has 1 heterocycles. The van der Waals surface area contributed by atoms with Gasteiger partial charge in [0.1, 0.15) is 5.82 Å². The number of rotatable bonds is 7. The number of hydrogen-bond donors (Lipinski definition) is 2. The van der Waals surface area contributed by atoms with Crippen LogP contribution in [-0.4, -0.2) is 33.9 Å². The van der Waals surface area contributed by atoms with Crippen LogP contribution >= 0.6 is 0 Å². The van der Waals surface area contributed by atoms with Gasteiger partial charge in [-0.05, 0) is 19.9 Å². The van der Waals surface area contributed by atoms with Gasteiger partial charge >= 0.3 is 0 Å². The molecule has 2 N–H and O–H groups in total. The highest BCUT2D eigenvalue weighted by atomic mass is 16.3. The van der Waals surface area contributed by atoms with Crippen molar-refractivity contribution in [2.45, 2.75) is 45.7 Å². The Balaban J connectivity index is 2.29. The van der Waals surface area contributed by atoms with Gasteiger partial charge in [0.25, 0.3) is 0 Å². The van der Waals surface area contributed by atoms with Crippen LogP contribution in [0.4, 0.5) is 0 Å². The lowest BCUT2D eigenvalue weighted by Crippen LogP contribution is -2.30. The van der Waals surface area contributed by atoms with E-state index in [1.165, 1.54) is 0 Å². The van der Waals surface area contributed by atoms with E-state index in [2.05, 4.69) is 28.7 Å². The Kier molecular flexibility index (Phi) is 5.49. The molecule has 0 aliphatic heterocycles. The van der Waals surface area contributed by atoms with E-state index in [1.807, 2.05) is 19.3 Å². The minimum absolute atomic E-state index is 0.187. The van der Waals surface area contributed by atoms with Crippen molar-refractivity contribution in [1.29, 1.82) is 0 Å².